The minimum atomic E-state index is -0.517. The van der Waals surface area contributed by atoms with Gasteiger partial charge in [-0.05, 0) is 54.4 Å². The maximum atomic E-state index is 13.1. The van der Waals surface area contributed by atoms with Crippen LogP contribution >= 0.6 is 12.4 Å². The fraction of sp³-hybridized carbons (Fsp3) is 0.526. The molecule has 1 fully saturated rings. The van der Waals surface area contributed by atoms with Crippen LogP contribution < -0.4 is 5.32 Å². The minimum Gasteiger partial charge on any atom is -0.358 e. The predicted molar refractivity (Wildman–Crippen MR) is 111 cm³/mol. The third kappa shape index (κ3) is 6.23. The lowest BCUT2D eigenvalue weighted by Crippen LogP contribution is -2.40. The van der Waals surface area contributed by atoms with Gasteiger partial charge in [-0.1, -0.05) is 6.07 Å². The van der Waals surface area contributed by atoms with Gasteiger partial charge in [-0.3, -0.25) is 9.78 Å². The van der Waals surface area contributed by atoms with Crippen LogP contribution in [0.1, 0.15) is 37.2 Å². The summed E-state index contributed by atoms with van der Waals surface area (Å²) < 4.78 is 1.67. The quantitative estimate of drug-likeness (QED) is 0.542. The molecule has 0 bridgehead atoms. The average Bonchev–Trinajstić information content (AvgIpc) is 2.89. The van der Waals surface area contributed by atoms with E-state index in [-0.39, 0.29) is 36.6 Å². The summed E-state index contributed by atoms with van der Waals surface area (Å²) in [6, 6.07) is 5.88. The second kappa shape index (κ2) is 10.9. The van der Waals surface area contributed by atoms with Crippen molar-refractivity contribution in [1.29, 1.82) is 0 Å². The van der Waals surface area contributed by atoms with Gasteiger partial charge in [0.15, 0.2) is 0 Å². The molecule has 0 aliphatic carbocycles. The van der Waals surface area contributed by atoms with Gasteiger partial charge in [0.25, 0.3) is 0 Å². The van der Waals surface area contributed by atoms with E-state index in [1.54, 1.807) is 17.7 Å². The van der Waals surface area contributed by atoms with Gasteiger partial charge in [0, 0.05) is 32.1 Å². The standard InChI is InChI=1S/C19H26N6O3.ClH/c1-15-22-18(25(27)28)14-23(15)12-8-19(26)24(13-16-5-2-3-10-21-16)17-6-4-9-20-11-7-17;/h2-3,5,10,14,17,20H,4,6-9,11-13H2,1H3;1H. The number of amides is 1. The monoisotopic (exact) mass is 422 g/mol. The van der Waals surface area contributed by atoms with Crippen LogP contribution in [0.4, 0.5) is 5.82 Å². The highest BCUT2D eigenvalue weighted by atomic mass is 35.5. The fourth-order valence-corrected chi connectivity index (χ4v) is 3.57. The van der Waals surface area contributed by atoms with Crippen molar-refractivity contribution in [3.05, 3.63) is 52.2 Å². The largest absolute Gasteiger partial charge is 0.381 e. The first-order chi connectivity index (χ1) is 13.5. The Bertz CT molecular complexity index is 806. The van der Waals surface area contributed by atoms with Crippen molar-refractivity contribution in [2.75, 3.05) is 13.1 Å². The van der Waals surface area contributed by atoms with E-state index in [0.717, 1.165) is 38.0 Å². The van der Waals surface area contributed by atoms with Gasteiger partial charge in [0.2, 0.25) is 11.7 Å². The van der Waals surface area contributed by atoms with Crippen molar-refractivity contribution in [2.24, 2.45) is 0 Å². The number of nitrogens with one attached hydrogen (secondary N) is 1. The average molecular weight is 423 g/mol. The van der Waals surface area contributed by atoms with Crippen LogP contribution in [0, 0.1) is 17.0 Å². The number of hydrogen-bond acceptors (Lipinski definition) is 6. The maximum Gasteiger partial charge on any atom is 0.381 e. The van der Waals surface area contributed by atoms with E-state index in [0.29, 0.717) is 18.9 Å². The van der Waals surface area contributed by atoms with Gasteiger partial charge < -0.3 is 24.9 Å². The number of aromatic nitrogens is 3. The van der Waals surface area contributed by atoms with Gasteiger partial charge in [0.05, 0.1) is 12.2 Å². The normalized spacial score (nSPS) is 16.5. The molecule has 1 amide bonds. The van der Waals surface area contributed by atoms with Crippen LogP contribution in [0.15, 0.2) is 30.6 Å². The van der Waals surface area contributed by atoms with Crippen molar-refractivity contribution in [2.45, 2.75) is 51.7 Å². The van der Waals surface area contributed by atoms with E-state index < -0.39 is 4.92 Å². The summed E-state index contributed by atoms with van der Waals surface area (Å²) in [6.07, 6.45) is 6.30. The number of aryl methyl sites for hydroxylation is 2. The predicted octanol–water partition coefficient (Wildman–Crippen LogP) is 2.48. The Morgan fingerprint density at radius 3 is 2.90 bits per heavy atom. The number of rotatable bonds is 7. The Morgan fingerprint density at radius 1 is 1.38 bits per heavy atom. The Hall–Kier alpha value is -2.52. The molecule has 29 heavy (non-hydrogen) atoms. The molecule has 0 aromatic carbocycles. The topological polar surface area (TPSA) is 106 Å². The van der Waals surface area contributed by atoms with Crippen molar-refractivity contribution < 1.29 is 9.72 Å². The molecule has 3 heterocycles. The molecule has 10 heteroatoms. The molecular weight excluding hydrogens is 396 g/mol. The maximum absolute atomic E-state index is 13.1. The lowest BCUT2D eigenvalue weighted by atomic mass is 10.1. The first kappa shape index (κ1) is 22.8. The molecule has 0 saturated carbocycles. The zero-order valence-corrected chi connectivity index (χ0v) is 17.3. The summed E-state index contributed by atoms with van der Waals surface area (Å²) in [5.74, 6) is 0.382. The van der Waals surface area contributed by atoms with Crippen LogP contribution in [0.25, 0.3) is 0 Å². The summed E-state index contributed by atoms with van der Waals surface area (Å²) in [7, 11) is 0. The van der Waals surface area contributed by atoms with Crippen molar-refractivity contribution in [3.63, 3.8) is 0 Å². The lowest BCUT2D eigenvalue weighted by molar-refractivity contribution is -0.389. The van der Waals surface area contributed by atoms with Crippen LogP contribution in [0.3, 0.4) is 0 Å². The molecule has 1 saturated heterocycles. The fourth-order valence-electron chi connectivity index (χ4n) is 3.57. The zero-order valence-electron chi connectivity index (χ0n) is 16.5. The van der Waals surface area contributed by atoms with E-state index in [4.69, 9.17) is 0 Å². The van der Waals surface area contributed by atoms with Gasteiger partial charge >= 0.3 is 5.82 Å². The summed E-state index contributed by atoms with van der Waals surface area (Å²) in [4.78, 5) is 33.7. The molecule has 2 aromatic rings. The molecule has 9 nitrogen and oxygen atoms in total. The molecule has 1 aliphatic rings. The van der Waals surface area contributed by atoms with Gasteiger partial charge in [-0.2, -0.15) is 0 Å². The molecule has 3 rings (SSSR count). The summed E-state index contributed by atoms with van der Waals surface area (Å²) in [6.45, 7) is 4.42. The molecular formula is C19H27ClN6O3. The number of carbonyl (C=O) groups is 1. The molecule has 1 N–H and O–H groups in total. The second-order valence-electron chi connectivity index (χ2n) is 7.02. The highest BCUT2D eigenvalue weighted by molar-refractivity contribution is 5.85. The van der Waals surface area contributed by atoms with Crippen LogP contribution in [0.2, 0.25) is 0 Å². The van der Waals surface area contributed by atoms with E-state index in [1.165, 1.54) is 6.20 Å². The Kier molecular flexibility index (Phi) is 8.53. The molecule has 0 radical (unpaired) electrons. The van der Waals surface area contributed by atoms with Crippen LogP contribution in [0.5, 0.6) is 0 Å². The molecule has 158 valence electrons. The molecule has 0 spiro atoms. The number of carbonyl (C=O) groups excluding carboxylic acids is 1. The summed E-state index contributed by atoms with van der Waals surface area (Å²) >= 11 is 0. The minimum absolute atomic E-state index is 0. The third-order valence-corrected chi connectivity index (χ3v) is 5.08. The Morgan fingerprint density at radius 2 is 2.21 bits per heavy atom. The number of pyridine rings is 1. The molecule has 1 unspecified atom stereocenters. The molecule has 1 atom stereocenters. The third-order valence-electron chi connectivity index (χ3n) is 5.08. The number of halogens is 1. The first-order valence-electron chi connectivity index (χ1n) is 9.63. The SMILES string of the molecule is Cc1nc([N+](=O)[O-])cn1CCC(=O)N(Cc1ccccn1)C1CCCNCC1.Cl. The lowest BCUT2D eigenvalue weighted by Gasteiger charge is -2.31. The highest BCUT2D eigenvalue weighted by Gasteiger charge is 2.25. The second-order valence-corrected chi connectivity index (χ2v) is 7.02. The Balaban J connectivity index is 0.00000300. The van der Waals surface area contributed by atoms with Crippen LogP contribution in [-0.4, -0.2) is 49.4 Å². The number of nitro groups is 1. The van der Waals surface area contributed by atoms with Crippen molar-refractivity contribution >= 4 is 24.1 Å². The molecule has 2 aromatic heterocycles. The smallest absolute Gasteiger partial charge is 0.358 e. The van der Waals surface area contributed by atoms with Gasteiger partial charge in [-0.25, -0.2) is 0 Å². The van der Waals surface area contributed by atoms with Gasteiger partial charge in [0.1, 0.15) is 6.20 Å². The van der Waals surface area contributed by atoms with E-state index in [9.17, 15) is 14.9 Å². The first-order valence-corrected chi connectivity index (χ1v) is 9.63. The van der Waals surface area contributed by atoms with Gasteiger partial charge in [-0.15, -0.1) is 12.4 Å². The highest BCUT2D eigenvalue weighted by Crippen LogP contribution is 2.18. The number of imidazole rings is 1. The molecule has 1 aliphatic heterocycles. The number of nitrogens with zero attached hydrogens (tertiary/aromatic N) is 5. The van der Waals surface area contributed by atoms with Crippen molar-refractivity contribution in [1.82, 2.24) is 24.8 Å². The number of hydrogen-bond donors (Lipinski definition) is 1. The summed E-state index contributed by atoms with van der Waals surface area (Å²) in [5.41, 5.74) is 0.863. The van der Waals surface area contributed by atoms with Crippen molar-refractivity contribution in [3.8, 4) is 0 Å². The van der Waals surface area contributed by atoms with E-state index >= 15 is 0 Å². The zero-order chi connectivity index (χ0) is 19.9. The van der Waals surface area contributed by atoms with E-state index in [1.807, 2.05) is 23.1 Å². The van der Waals surface area contributed by atoms with Crippen LogP contribution in [-0.2, 0) is 17.9 Å². The van der Waals surface area contributed by atoms with E-state index in [2.05, 4.69) is 15.3 Å². The summed E-state index contributed by atoms with van der Waals surface area (Å²) in [5, 5.41) is 14.3. The Labute approximate surface area is 176 Å².